The fourth-order valence-electron chi connectivity index (χ4n) is 9.26. The quantitative estimate of drug-likeness (QED) is 0.0924. The number of hydrogen-bond acceptors (Lipinski definition) is 8. The third kappa shape index (κ3) is 10.7. The highest BCUT2D eigenvalue weighted by molar-refractivity contribution is 7.89. The van der Waals surface area contributed by atoms with Crippen LogP contribution in [0.1, 0.15) is 78.4 Å². The van der Waals surface area contributed by atoms with E-state index in [1.165, 1.54) is 38.8 Å². The molecule has 0 aromatic heterocycles. The molecular weight excluding hydrogens is 797 g/mol. The summed E-state index contributed by atoms with van der Waals surface area (Å²) in [4.78, 5) is 19.3. The minimum atomic E-state index is -3.98. The van der Waals surface area contributed by atoms with Gasteiger partial charge >= 0.3 is 0 Å². The van der Waals surface area contributed by atoms with Gasteiger partial charge in [-0.3, -0.25) is 9.69 Å². The fourth-order valence-corrected chi connectivity index (χ4v) is 10.5. The lowest BCUT2D eigenvalue weighted by Gasteiger charge is -2.43. The molecule has 0 unspecified atom stereocenters. The van der Waals surface area contributed by atoms with Crippen molar-refractivity contribution >= 4 is 15.9 Å². The van der Waals surface area contributed by atoms with Crippen LogP contribution >= 0.6 is 0 Å². The number of carbonyl (C=O) groups is 1. The Labute approximate surface area is 367 Å². The number of nitrogens with zero attached hydrogens (tertiary/aromatic N) is 2. The molecule has 3 heterocycles. The van der Waals surface area contributed by atoms with Crippen molar-refractivity contribution in [1.29, 1.82) is 0 Å². The Morgan fingerprint density at radius 1 is 0.774 bits per heavy atom. The van der Waals surface area contributed by atoms with Crippen LogP contribution in [0, 0.1) is 12.8 Å². The van der Waals surface area contributed by atoms with Gasteiger partial charge < -0.3 is 24.8 Å². The molecule has 0 bridgehead atoms. The van der Waals surface area contributed by atoms with Gasteiger partial charge in [-0.05, 0) is 104 Å². The first-order valence-electron chi connectivity index (χ1n) is 22.2. The number of aryl methyl sites for hydroxylation is 1. The van der Waals surface area contributed by atoms with Crippen molar-refractivity contribution in [3.05, 3.63) is 161 Å². The van der Waals surface area contributed by atoms with E-state index < -0.39 is 28.3 Å². The van der Waals surface area contributed by atoms with Gasteiger partial charge in [-0.25, -0.2) is 8.42 Å². The standard InChI is InChI=1S/C51H60N4O6S/c1-36-16-26-45(27-17-36)62(58,59)53-47(31-38-11-4-3-5-12-38)50(57)52-32-43-13-6-7-15-46(43)40-22-24-42(25-23-40)51-60-48(34-55-30-10-14-44(55)33-54-28-8-9-29-54)37(2)49(61-51)41-20-18-39(35-56)19-21-41/h3-7,11-13,15-27,37,44,47-49,51,53,56H,8-10,14,28-35H2,1-2H3,(H,52,57)/t37-,44-,47+,48+,49+,51+/m0/s1. The van der Waals surface area contributed by atoms with Crippen molar-refractivity contribution in [1.82, 2.24) is 19.8 Å². The van der Waals surface area contributed by atoms with Crippen molar-refractivity contribution in [2.45, 2.75) is 94.6 Å². The van der Waals surface area contributed by atoms with E-state index in [0.29, 0.717) is 6.04 Å². The first-order chi connectivity index (χ1) is 30.1. The van der Waals surface area contributed by atoms with Gasteiger partial charge in [0.05, 0.1) is 23.7 Å². The van der Waals surface area contributed by atoms with Gasteiger partial charge in [0.25, 0.3) is 0 Å². The summed E-state index contributed by atoms with van der Waals surface area (Å²) < 4.78 is 43.4. The molecule has 3 fully saturated rings. The van der Waals surface area contributed by atoms with Gasteiger partial charge in [0.1, 0.15) is 6.04 Å². The number of amides is 1. The number of ether oxygens (including phenoxy) is 2. The summed E-state index contributed by atoms with van der Waals surface area (Å²) in [6.45, 7) is 9.79. The topological polar surface area (TPSA) is 120 Å². The van der Waals surface area contributed by atoms with Crippen LogP contribution in [0.2, 0.25) is 0 Å². The number of sulfonamides is 1. The molecule has 0 radical (unpaired) electrons. The molecule has 326 valence electrons. The van der Waals surface area contributed by atoms with E-state index >= 15 is 0 Å². The SMILES string of the molecule is Cc1ccc(S(=O)(=O)N[C@H](Cc2ccccc2)C(=O)NCc2ccccc2-c2ccc([C@@H]3O[C@H](CN4CCC[C@H]4CN4CCCC4)[C@H](C)[C@H](c4ccc(CO)cc4)O3)cc2)cc1. The molecule has 3 aliphatic heterocycles. The second kappa shape index (κ2) is 20.2. The van der Waals surface area contributed by atoms with Crippen molar-refractivity contribution in [3.8, 4) is 11.1 Å². The molecule has 11 heteroatoms. The van der Waals surface area contributed by atoms with Crippen LogP contribution in [0.15, 0.2) is 132 Å². The van der Waals surface area contributed by atoms with E-state index in [4.69, 9.17) is 9.47 Å². The Morgan fingerprint density at radius 3 is 2.19 bits per heavy atom. The van der Waals surface area contributed by atoms with Crippen molar-refractivity contribution in [2.24, 2.45) is 5.92 Å². The third-order valence-electron chi connectivity index (χ3n) is 12.9. The minimum absolute atomic E-state index is 0.00419. The maximum Gasteiger partial charge on any atom is 0.241 e. The lowest BCUT2D eigenvalue weighted by atomic mass is 9.89. The van der Waals surface area contributed by atoms with Crippen LogP contribution in [0.25, 0.3) is 11.1 Å². The number of hydrogen-bond donors (Lipinski definition) is 3. The fraction of sp³-hybridized carbons (Fsp3) is 0.392. The molecule has 3 N–H and O–H groups in total. The first-order valence-corrected chi connectivity index (χ1v) is 23.7. The molecule has 3 aliphatic rings. The maximum atomic E-state index is 13.9. The lowest BCUT2D eigenvalue weighted by molar-refractivity contribution is -0.276. The lowest BCUT2D eigenvalue weighted by Crippen LogP contribution is -2.48. The van der Waals surface area contributed by atoms with Gasteiger partial charge in [-0.1, -0.05) is 128 Å². The van der Waals surface area contributed by atoms with E-state index in [-0.39, 0.29) is 42.6 Å². The molecule has 5 aromatic rings. The number of likely N-dealkylation sites (tertiary alicyclic amines) is 2. The minimum Gasteiger partial charge on any atom is -0.392 e. The molecule has 3 saturated heterocycles. The Morgan fingerprint density at radius 2 is 1.47 bits per heavy atom. The average molecular weight is 857 g/mol. The second-order valence-electron chi connectivity index (χ2n) is 17.3. The maximum absolute atomic E-state index is 13.9. The molecule has 8 rings (SSSR count). The van der Waals surface area contributed by atoms with Crippen LogP contribution in [-0.2, 0) is 43.9 Å². The summed E-state index contributed by atoms with van der Waals surface area (Å²) in [6, 6.07) is 39.8. The largest absolute Gasteiger partial charge is 0.392 e. The predicted molar refractivity (Wildman–Crippen MR) is 242 cm³/mol. The van der Waals surface area contributed by atoms with Gasteiger partial charge in [0.15, 0.2) is 6.29 Å². The van der Waals surface area contributed by atoms with Crippen LogP contribution < -0.4 is 10.0 Å². The third-order valence-corrected chi connectivity index (χ3v) is 14.4. The molecular formula is C51H60N4O6S. The van der Waals surface area contributed by atoms with E-state index in [1.54, 1.807) is 24.3 Å². The number of rotatable bonds is 16. The molecule has 1 amide bonds. The summed E-state index contributed by atoms with van der Waals surface area (Å²) in [7, 11) is -3.98. The Balaban J connectivity index is 0.985. The highest BCUT2D eigenvalue weighted by Gasteiger charge is 2.41. The smallest absolute Gasteiger partial charge is 0.241 e. The first kappa shape index (κ1) is 43.9. The molecule has 6 atom stereocenters. The van der Waals surface area contributed by atoms with Crippen LogP contribution in [0.5, 0.6) is 0 Å². The summed E-state index contributed by atoms with van der Waals surface area (Å²) >= 11 is 0. The zero-order valence-corrected chi connectivity index (χ0v) is 36.7. The molecule has 0 saturated carbocycles. The zero-order valence-electron chi connectivity index (χ0n) is 35.9. The van der Waals surface area contributed by atoms with Crippen LogP contribution in [0.3, 0.4) is 0 Å². The second-order valence-corrected chi connectivity index (χ2v) is 19.0. The molecule has 0 aliphatic carbocycles. The number of aliphatic hydroxyl groups is 1. The Hall–Kier alpha value is -4.72. The van der Waals surface area contributed by atoms with E-state index in [9.17, 15) is 18.3 Å². The molecule has 0 spiro atoms. The number of nitrogens with one attached hydrogen (secondary N) is 2. The van der Waals surface area contributed by atoms with Crippen molar-refractivity contribution in [3.63, 3.8) is 0 Å². The summed E-state index contributed by atoms with van der Waals surface area (Å²) in [6.07, 6.45) is 4.39. The Bertz CT molecular complexity index is 2340. The number of aliphatic hydroxyl groups excluding tert-OH is 1. The van der Waals surface area contributed by atoms with Crippen molar-refractivity contribution in [2.75, 3.05) is 32.7 Å². The predicted octanol–water partition coefficient (Wildman–Crippen LogP) is 7.71. The summed E-state index contributed by atoms with van der Waals surface area (Å²) in [5, 5.41) is 12.8. The summed E-state index contributed by atoms with van der Waals surface area (Å²) in [5.74, 6) is -0.312. The zero-order chi connectivity index (χ0) is 43.1. The van der Waals surface area contributed by atoms with Crippen molar-refractivity contribution < 1.29 is 27.8 Å². The highest BCUT2D eigenvalue weighted by Crippen LogP contribution is 2.43. The van der Waals surface area contributed by atoms with Gasteiger partial charge in [-0.2, -0.15) is 4.72 Å². The van der Waals surface area contributed by atoms with Crippen LogP contribution in [0.4, 0.5) is 0 Å². The van der Waals surface area contributed by atoms with Crippen LogP contribution in [-0.4, -0.2) is 80.1 Å². The average Bonchev–Trinajstić information content (AvgIpc) is 3.99. The van der Waals surface area contributed by atoms with Gasteiger partial charge in [0.2, 0.25) is 15.9 Å². The molecule has 5 aromatic carbocycles. The Kier molecular flexibility index (Phi) is 14.3. The van der Waals surface area contributed by atoms with Gasteiger partial charge in [0, 0.05) is 37.2 Å². The number of carbonyl (C=O) groups excluding carboxylic acids is 1. The normalized spacial score (nSPS) is 22.7. The van der Waals surface area contributed by atoms with E-state index in [2.05, 4.69) is 63.2 Å². The molecule has 62 heavy (non-hydrogen) atoms. The van der Waals surface area contributed by atoms with E-state index in [1.807, 2.05) is 73.7 Å². The van der Waals surface area contributed by atoms with Gasteiger partial charge in [-0.15, -0.1) is 0 Å². The van der Waals surface area contributed by atoms with E-state index in [0.717, 1.165) is 64.1 Å². The highest BCUT2D eigenvalue weighted by atomic mass is 32.2. The number of benzene rings is 5. The molecule has 10 nitrogen and oxygen atoms in total. The summed E-state index contributed by atoms with van der Waals surface area (Å²) in [5.41, 5.74) is 7.47. The monoisotopic (exact) mass is 856 g/mol.